The van der Waals surface area contributed by atoms with Gasteiger partial charge in [0.25, 0.3) is 0 Å². The summed E-state index contributed by atoms with van der Waals surface area (Å²) in [6.07, 6.45) is 2.05. The van der Waals surface area contributed by atoms with E-state index in [1.165, 1.54) is 6.33 Å². The minimum atomic E-state index is -0.864. The molecular formula is C11H11BN6O2. The molecule has 3 aromatic heterocycles. The van der Waals surface area contributed by atoms with Crippen LogP contribution in [0.2, 0.25) is 0 Å². The summed E-state index contributed by atoms with van der Waals surface area (Å²) in [6.45, 7) is -0.116. The van der Waals surface area contributed by atoms with E-state index in [0.717, 1.165) is 0 Å². The predicted octanol–water partition coefficient (Wildman–Crippen LogP) is -0.777. The lowest BCUT2D eigenvalue weighted by Crippen LogP contribution is -2.19. The number of aliphatic hydroxyl groups excluding tert-OH is 2. The van der Waals surface area contributed by atoms with Crippen molar-refractivity contribution < 1.29 is 10.2 Å². The van der Waals surface area contributed by atoms with Crippen molar-refractivity contribution in [1.29, 1.82) is 0 Å². The highest BCUT2D eigenvalue weighted by Gasteiger charge is 2.12. The highest BCUT2D eigenvalue weighted by molar-refractivity contribution is 6.18. The fourth-order valence-corrected chi connectivity index (χ4v) is 1.99. The Hall–Kier alpha value is -2.26. The largest absolute Gasteiger partial charge is 0.422 e. The third-order valence-corrected chi connectivity index (χ3v) is 2.95. The predicted molar refractivity (Wildman–Crippen MR) is 73.1 cm³/mol. The number of hydrogen-bond donors (Lipinski definition) is 3. The van der Waals surface area contributed by atoms with Crippen LogP contribution in [0.15, 0.2) is 18.7 Å². The van der Waals surface area contributed by atoms with Gasteiger partial charge in [0.1, 0.15) is 17.7 Å². The molecule has 0 bridgehead atoms. The number of rotatable bonds is 4. The first-order valence-electron chi connectivity index (χ1n) is 5.95. The van der Waals surface area contributed by atoms with Crippen molar-refractivity contribution in [3.05, 3.63) is 18.7 Å². The monoisotopic (exact) mass is 270 g/mol. The van der Waals surface area contributed by atoms with Gasteiger partial charge in [-0.3, -0.25) is 0 Å². The van der Waals surface area contributed by atoms with Gasteiger partial charge in [-0.1, -0.05) is 0 Å². The summed E-state index contributed by atoms with van der Waals surface area (Å²) in [5, 5.41) is 21.6. The molecule has 9 heteroatoms. The third-order valence-electron chi connectivity index (χ3n) is 2.95. The first-order chi connectivity index (χ1) is 9.72. The van der Waals surface area contributed by atoms with Gasteiger partial charge in [-0.2, -0.15) is 0 Å². The summed E-state index contributed by atoms with van der Waals surface area (Å²) in [4.78, 5) is 16.7. The van der Waals surface area contributed by atoms with Crippen molar-refractivity contribution in [2.45, 2.75) is 12.6 Å². The molecule has 0 saturated heterocycles. The number of fused-ring (bicyclic) bond motifs is 2. The van der Waals surface area contributed by atoms with E-state index in [1.807, 2.05) is 0 Å². The Bertz CT molecular complexity index is 761. The molecule has 0 fully saturated rings. The number of nitrogens with zero attached hydrogens (tertiary/aromatic N) is 5. The topological polar surface area (TPSA) is 109 Å². The molecule has 0 aliphatic heterocycles. The zero-order chi connectivity index (χ0) is 14.1. The lowest BCUT2D eigenvalue weighted by molar-refractivity contribution is 0.0820. The summed E-state index contributed by atoms with van der Waals surface area (Å²) in [7, 11) is 5.39. The van der Waals surface area contributed by atoms with Gasteiger partial charge in [0, 0.05) is 0 Å². The number of nitrogens with one attached hydrogen (secondary N) is 1. The smallest absolute Gasteiger partial charge is 0.224 e. The van der Waals surface area contributed by atoms with E-state index in [2.05, 4.69) is 25.2 Å². The van der Waals surface area contributed by atoms with Gasteiger partial charge < -0.3 is 20.0 Å². The summed E-state index contributed by atoms with van der Waals surface area (Å²) in [5.41, 5.74) is 1.68. The second-order valence-electron chi connectivity index (χ2n) is 4.30. The molecule has 0 unspecified atom stereocenters. The lowest BCUT2D eigenvalue weighted by Gasteiger charge is -2.09. The van der Waals surface area contributed by atoms with Crippen molar-refractivity contribution >= 4 is 36.0 Å². The number of anilines is 1. The van der Waals surface area contributed by atoms with Crippen molar-refractivity contribution in [1.82, 2.24) is 24.5 Å². The molecule has 3 N–H and O–H groups in total. The number of hydrogen-bond acceptors (Lipinski definition) is 7. The highest BCUT2D eigenvalue weighted by atomic mass is 16.3. The lowest BCUT2D eigenvalue weighted by atomic mass is 10.2. The summed E-state index contributed by atoms with van der Waals surface area (Å²) < 4.78 is 1.66. The van der Waals surface area contributed by atoms with Gasteiger partial charge in [-0.05, 0) is 6.07 Å². The van der Waals surface area contributed by atoms with Crippen molar-refractivity contribution in [3.63, 3.8) is 0 Å². The maximum absolute atomic E-state index is 9.51. The summed E-state index contributed by atoms with van der Waals surface area (Å²) in [5.74, 6) is 0.467. The molecule has 0 aliphatic rings. The average molecular weight is 270 g/mol. The van der Waals surface area contributed by atoms with E-state index >= 15 is 0 Å². The van der Waals surface area contributed by atoms with Crippen molar-refractivity contribution in [2.75, 3.05) is 11.8 Å². The van der Waals surface area contributed by atoms with Gasteiger partial charge in [0.05, 0.1) is 31.0 Å². The van der Waals surface area contributed by atoms with Crippen LogP contribution in [-0.4, -0.2) is 55.4 Å². The Morgan fingerprint density at radius 2 is 2.20 bits per heavy atom. The molecule has 0 aromatic carbocycles. The standard InChI is InChI=1S/C11H11BN6O2/c12-17-10-7-1-8-11(16-9(7)13-4-14-10)18(5-15-8)2-6(20)3-19/h1,4-6,19-20H,2-3H2,(H,13,14,16,17)/t6-/m0/s1. The molecule has 20 heavy (non-hydrogen) atoms. The van der Waals surface area contributed by atoms with E-state index in [1.54, 1.807) is 17.0 Å². The van der Waals surface area contributed by atoms with Gasteiger partial charge in [-0.15, -0.1) is 0 Å². The number of pyridine rings is 1. The minimum Gasteiger partial charge on any atom is -0.422 e. The van der Waals surface area contributed by atoms with Gasteiger partial charge in [-0.25, -0.2) is 19.9 Å². The number of aliphatic hydroxyl groups is 2. The van der Waals surface area contributed by atoms with E-state index in [0.29, 0.717) is 28.0 Å². The molecule has 0 spiro atoms. The average Bonchev–Trinajstić information content (AvgIpc) is 2.86. The molecule has 3 aromatic rings. The number of imidazole rings is 1. The van der Waals surface area contributed by atoms with Crippen LogP contribution >= 0.6 is 0 Å². The molecule has 3 rings (SSSR count). The molecule has 0 saturated carbocycles. The molecule has 8 nitrogen and oxygen atoms in total. The molecule has 0 aliphatic carbocycles. The Labute approximate surface area is 115 Å². The van der Waals surface area contributed by atoms with Crippen LogP contribution in [0.25, 0.3) is 22.2 Å². The van der Waals surface area contributed by atoms with Crippen LogP contribution in [-0.2, 0) is 6.54 Å². The Balaban J connectivity index is 2.17. The van der Waals surface area contributed by atoms with Crippen LogP contribution in [0.3, 0.4) is 0 Å². The summed E-state index contributed by atoms with van der Waals surface area (Å²) in [6, 6.07) is 1.77. The highest BCUT2D eigenvalue weighted by Crippen LogP contribution is 2.21. The first kappa shape index (κ1) is 12.8. The Kier molecular flexibility index (Phi) is 3.21. The molecule has 100 valence electrons. The molecule has 3 heterocycles. The SMILES string of the molecule is [B]Nc1ncnc2nc3c(cc12)ncn3C[C@H](O)CO. The Morgan fingerprint density at radius 3 is 2.95 bits per heavy atom. The third kappa shape index (κ3) is 2.06. The fraction of sp³-hybridized carbons (Fsp3) is 0.273. The number of aromatic nitrogens is 5. The van der Waals surface area contributed by atoms with Crippen LogP contribution in [0.1, 0.15) is 0 Å². The zero-order valence-corrected chi connectivity index (χ0v) is 10.4. The normalized spacial score (nSPS) is 12.9. The van der Waals surface area contributed by atoms with E-state index in [-0.39, 0.29) is 13.2 Å². The fourth-order valence-electron chi connectivity index (χ4n) is 1.99. The molecule has 2 radical (unpaired) electrons. The van der Waals surface area contributed by atoms with Crippen LogP contribution in [0.5, 0.6) is 0 Å². The van der Waals surface area contributed by atoms with Crippen molar-refractivity contribution in [3.8, 4) is 0 Å². The van der Waals surface area contributed by atoms with Crippen LogP contribution in [0, 0.1) is 0 Å². The van der Waals surface area contributed by atoms with Gasteiger partial charge in [0.15, 0.2) is 11.3 Å². The zero-order valence-electron chi connectivity index (χ0n) is 10.4. The molecule has 1 atom stereocenters. The molecule has 0 amide bonds. The van der Waals surface area contributed by atoms with Gasteiger partial charge in [0.2, 0.25) is 7.98 Å². The first-order valence-corrected chi connectivity index (χ1v) is 5.95. The van der Waals surface area contributed by atoms with Crippen LogP contribution < -0.4 is 5.23 Å². The van der Waals surface area contributed by atoms with Crippen molar-refractivity contribution in [2.24, 2.45) is 0 Å². The molecular weight excluding hydrogens is 259 g/mol. The van der Waals surface area contributed by atoms with Gasteiger partial charge >= 0.3 is 0 Å². The van der Waals surface area contributed by atoms with E-state index in [9.17, 15) is 5.11 Å². The van der Waals surface area contributed by atoms with Crippen LogP contribution in [0.4, 0.5) is 5.82 Å². The second kappa shape index (κ2) is 5.02. The second-order valence-corrected chi connectivity index (χ2v) is 4.30. The minimum absolute atomic E-state index is 0.207. The maximum Gasteiger partial charge on any atom is 0.224 e. The van der Waals surface area contributed by atoms with E-state index in [4.69, 9.17) is 13.1 Å². The Morgan fingerprint density at radius 1 is 1.35 bits per heavy atom. The van der Waals surface area contributed by atoms with E-state index < -0.39 is 6.10 Å². The summed E-state index contributed by atoms with van der Waals surface area (Å²) >= 11 is 0. The quantitative estimate of drug-likeness (QED) is 0.534. The maximum atomic E-state index is 9.51.